The molecule has 0 aliphatic carbocycles. The molecule has 0 fully saturated rings. The summed E-state index contributed by atoms with van der Waals surface area (Å²) in [6.07, 6.45) is 3.03. The highest BCUT2D eigenvalue weighted by Crippen LogP contribution is 2.48. The quantitative estimate of drug-likeness (QED) is 0.0765. The van der Waals surface area contributed by atoms with Crippen molar-refractivity contribution < 1.29 is 23.7 Å². The van der Waals surface area contributed by atoms with Gasteiger partial charge >= 0.3 is 5.97 Å². The number of halogens is 5. The average Bonchev–Trinajstić information content (AvgIpc) is 2.96. The lowest BCUT2D eigenvalue weighted by Gasteiger charge is -2.28. The van der Waals surface area contributed by atoms with Gasteiger partial charge in [0.05, 0.1) is 27.6 Å². The van der Waals surface area contributed by atoms with Crippen LogP contribution in [-0.4, -0.2) is 19.2 Å². The Morgan fingerprint density at radius 1 is 0.951 bits per heavy atom. The highest BCUT2D eigenvalue weighted by molar-refractivity contribution is 6.55. The molecule has 0 bridgehead atoms. The Labute approximate surface area is 262 Å². The molecule has 1 aliphatic rings. The number of hydrogen-bond acceptors (Lipinski definition) is 7. The molecular formula is C29H23Cl5N2O5. The van der Waals surface area contributed by atoms with Crippen LogP contribution in [0.4, 0.5) is 0 Å². The zero-order valence-electron chi connectivity index (χ0n) is 21.6. The van der Waals surface area contributed by atoms with Crippen LogP contribution in [0.1, 0.15) is 43.2 Å². The van der Waals surface area contributed by atoms with Crippen LogP contribution in [0.25, 0.3) is 0 Å². The summed E-state index contributed by atoms with van der Waals surface area (Å²) in [5, 5.41) is 9.57. The highest BCUT2D eigenvalue weighted by atomic mass is 35.5. The molecule has 0 amide bonds. The second-order valence-corrected chi connectivity index (χ2v) is 10.8. The Bertz CT molecular complexity index is 1520. The molecule has 2 N–H and O–H groups in total. The van der Waals surface area contributed by atoms with Crippen LogP contribution in [-0.2, 0) is 4.79 Å². The maximum Gasteiger partial charge on any atom is 0.349 e. The fraction of sp³-hybridized carbons (Fsp3) is 0.241. The molecule has 0 saturated heterocycles. The van der Waals surface area contributed by atoms with Crippen molar-refractivity contribution in [2.75, 3.05) is 13.2 Å². The molecule has 7 nitrogen and oxygen atoms in total. The third kappa shape index (κ3) is 6.74. The second kappa shape index (κ2) is 13.8. The number of nitrogens with zero attached hydrogens (tertiary/aromatic N) is 1. The smallest absolute Gasteiger partial charge is 0.349 e. The van der Waals surface area contributed by atoms with Crippen LogP contribution in [0.15, 0.2) is 53.9 Å². The van der Waals surface area contributed by atoms with E-state index in [9.17, 15) is 10.1 Å². The first-order valence-electron chi connectivity index (χ1n) is 12.5. The van der Waals surface area contributed by atoms with Gasteiger partial charge in [-0.3, -0.25) is 0 Å². The van der Waals surface area contributed by atoms with Gasteiger partial charge in [0.15, 0.2) is 12.4 Å². The maximum absolute atomic E-state index is 12.6. The van der Waals surface area contributed by atoms with E-state index in [1.165, 1.54) is 6.07 Å². The number of nitriles is 1. The average molecular weight is 657 g/mol. The highest BCUT2D eigenvalue weighted by Gasteiger charge is 2.33. The van der Waals surface area contributed by atoms with E-state index in [4.69, 9.17) is 82.7 Å². The topological polar surface area (TPSA) is 104 Å². The van der Waals surface area contributed by atoms with E-state index in [1.54, 1.807) is 12.1 Å². The number of esters is 1. The Balaban J connectivity index is 1.56. The van der Waals surface area contributed by atoms with Gasteiger partial charge in [-0.2, -0.15) is 5.26 Å². The van der Waals surface area contributed by atoms with Gasteiger partial charge in [0.1, 0.15) is 38.9 Å². The summed E-state index contributed by atoms with van der Waals surface area (Å²) < 4.78 is 22.7. The fourth-order valence-electron chi connectivity index (χ4n) is 4.21. The Hall–Kier alpha value is -2.99. The van der Waals surface area contributed by atoms with Crippen molar-refractivity contribution in [3.05, 3.63) is 90.2 Å². The summed E-state index contributed by atoms with van der Waals surface area (Å²) in [5.41, 5.74) is 7.82. The minimum Gasteiger partial charge on any atom is -0.493 e. The number of allylic oxidation sites excluding steroid dienone is 1. The molecule has 0 radical (unpaired) electrons. The molecule has 0 spiro atoms. The second-order valence-electron chi connectivity index (χ2n) is 8.88. The third-order valence-electron chi connectivity index (χ3n) is 6.16. The molecule has 3 aromatic carbocycles. The van der Waals surface area contributed by atoms with Gasteiger partial charge < -0.3 is 24.7 Å². The van der Waals surface area contributed by atoms with Gasteiger partial charge in [0.25, 0.3) is 0 Å². The number of benzene rings is 3. The number of ether oxygens (including phenoxy) is 4. The van der Waals surface area contributed by atoms with Crippen molar-refractivity contribution in [2.24, 2.45) is 5.73 Å². The van der Waals surface area contributed by atoms with Crippen LogP contribution in [0.5, 0.6) is 23.0 Å². The standard InChI is InChI=1S/C29H23Cl5N2O5/c1-2-3-6-11-38-19-8-5-4-7-16(19)22-17-10-9-15(12-20(17)41-29(36)18(22)13-35)40-21(37)14-39-28-26(33)24(31)23(30)25(32)27(28)34/h4-5,7-10,12,22H,2-3,6,11,14,36H2,1H3. The molecule has 12 heteroatoms. The first kappa shape index (κ1) is 31.0. The molecule has 41 heavy (non-hydrogen) atoms. The summed E-state index contributed by atoms with van der Waals surface area (Å²) in [4.78, 5) is 12.6. The zero-order valence-corrected chi connectivity index (χ0v) is 25.4. The molecule has 214 valence electrons. The number of hydrogen-bond donors (Lipinski definition) is 1. The molecule has 4 rings (SSSR count). The molecule has 0 aromatic heterocycles. The van der Waals surface area contributed by atoms with Gasteiger partial charge in [-0.25, -0.2) is 4.79 Å². The van der Waals surface area contributed by atoms with Gasteiger partial charge in [0, 0.05) is 17.2 Å². The van der Waals surface area contributed by atoms with E-state index in [2.05, 4.69) is 13.0 Å². The monoisotopic (exact) mass is 654 g/mol. The predicted octanol–water partition coefficient (Wildman–Crippen LogP) is 8.73. The van der Waals surface area contributed by atoms with Crippen molar-refractivity contribution in [1.29, 1.82) is 5.26 Å². The summed E-state index contributed by atoms with van der Waals surface area (Å²) in [5.74, 6) is -0.383. The normalized spacial score (nSPS) is 14.1. The van der Waals surface area contributed by atoms with E-state index in [1.807, 2.05) is 24.3 Å². The number of para-hydroxylation sites is 1. The zero-order chi connectivity index (χ0) is 29.7. The number of carbonyl (C=O) groups is 1. The van der Waals surface area contributed by atoms with Crippen molar-refractivity contribution in [3.8, 4) is 29.1 Å². The van der Waals surface area contributed by atoms with Gasteiger partial charge in [-0.05, 0) is 18.6 Å². The van der Waals surface area contributed by atoms with Crippen LogP contribution in [0.3, 0.4) is 0 Å². The largest absolute Gasteiger partial charge is 0.493 e. The number of carbonyl (C=O) groups excluding carboxylic acids is 1. The molecule has 1 heterocycles. The van der Waals surface area contributed by atoms with E-state index in [0.717, 1.165) is 24.8 Å². The Kier molecular flexibility index (Phi) is 10.4. The van der Waals surface area contributed by atoms with Crippen LogP contribution in [0.2, 0.25) is 25.1 Å². The van der Waals surface area contributed by atoms with Crippen LogP contribution < -0.4 is 24.7 Å². The maximum atomic E-state index is 12.6. The SMILES string of the molecule is CCCCCOc1ccccc1C1C(C#N)=C(N)Oc2cc(OC(=O)COc3c(Cl)c(Cl)c(Cl)c(Cl)c3Cl)ccc21. The molecule has 1 atom stereocenters. The number of nitrogens with two attached hydrogens (primary N) is 1. The molecule has 3 aromatic rings. The predicted molar refractivity (Wildman–Crippen MR) is 160 cm³/mol. The number of unbranched alkanes of at least 4 members (excludes halogenated alkanes) is 2. The van der Waals surface area contributed by atoms with Crippen molar-refractivity contribution in [2.45, 2.75) is 32.1 Å². The van der Waals surface area contributed by atoms with E-state index >= 15 is 0 Å². The third-order valence-corrected chi connectivity index (χ3v) is 8.40. The van der Waals surface area contributed by atoms with Gasteiger partial charge in [-0.1, -0.05) is 102 Å². The molecule has 1 unspecified atom stereocenters. The summed E-state index contributed by atoms with van der Waals surface area (Å²) in [6, 6.07) is 14.4. The molecule has 0 saturated carbocycles. The first-order chi connectivity index (χ1) is 19.7. The van der Waals surface area contributed by atoms with Gasteiger partial charge in [-0.15, -0.1) is 0 Å². The number of rotatable bonds is 10. The summed E-state index contributed by atoms with van der Waals surface area (Å²) in [6.45, 7) is 2.09. The van der Waals surface area contributed by atoms with Crippen molar-refractivity contribution in [1.82, 2.24) is 0 Å². The van der Waals surface area contributed by atoms with Crippen LogP contribution in [0, 0.1) is 11.3 Å². The first-order valence-corrected chi connectivity index (χ1v) is 14.3. The lowest BCUT2D eigenvalue weighted by molar-refractivity contribution is -0.136. The van der Waals surface area contributed by atoms with Crippen molar-refractivity contribution >= 4 is 64.0 Å². The fourth-order valence-corrected chi connectivity index (χ4v) is 5.44. The van der Waals surface area contributed by atoms with Crippen molar-refractivity contribution in [3.63, 3.8) is 0 Å². The van der Waals surface area contributed by atoms with E-state index in [0.29, 0.717) is 23.7 Å². The lowest BCUT2D eigenvalue weighted by Crippen LogP contribution is -2.22. The molecule has 1 aliphatic heterocycles. The minimum absolute atomic E-state index is 0.0378. The summed E-state index contributed by atoms with van der Waals surface area (Å²) >= 11 is 30.4. The van der Waals surface area contributed by atoms with Crippen LogP contribution >= 0.6 is 58.0 Å². The van der Waals surface area contributed by atoms with E-state index in [-0.39, 0.29) is 48.1 Å². The minimum atomic E-state index is -0.779. The van der Waals surface area contributed by atoms with E-state index < -0.39 is 18.5 Å². The summed E-state index contributed by atoms with van der Waals surface area (Å²) in [7, 11) is 0. The Morgan fingerprint density at radius 2 is 1.63 bits per heavy atom. The Morgan fingerprint density at radius 3 is 2.32 bits per heavy atom. The van der Waals surface area contributed by atoms with Gasteiger partial charge in [0.2, 0.25) is 5.88 Å². The lowest BCUT2D eigenvalue weighted by atomic mass is 9.83. The number of fused-ring (bicyclic) bond motifs is 1. The molecular weight excluding hydrogens is 634 g/mol.